The van der Waals surface area contributed by atoms with Crippen LogP contribution in [-0.4, -0.2) is 42.5 Å². The average Bonchev–Trinajstić information content (AvgIpc) is 2.76. The Labute approximate surface area is 148 Å². The Balaban J connectivity index is 1.53. The fourth-order valence-corrected chi connectivity index (χ4v) is 5.35. The van der Waals surface area contributed by atoms with E-state index in [1.807, 2.05) is 23.1 Å². The van der Waals surface area contributed by atoms with Gasteiger partial charge < -0.3 is 14.5 Å². The van der Waals surface area contributed by atoms with E-state index in [1.165, 1.54) is 6.42 Å². The zero-order valence-electron chi connectivity index (χ0n) is 15.2. The van der Waals surface area contributed by atoms with Crippen molar-refractivity contribution < 1.29 is 14.3 Å². The first kappa shape index (κ1) is 16.4. The molecule has 25 heavy (non-hydrogen) atoms. The maximum atomic E-state index is 13.1. The summed E-state index contributed by atoms with van der Waals surface area (Å²) in [6, 6.07) is 7.75. The lowest BCUT2D eigenvalue weighted by Gasteiger charge is -2.39. The van der Waals surface area contributed by atoms with Gasteiger partial charge >= 0.3 is 5.97 Å². The van der Waals surface area contributed by atoms with Gasteiger partial charge in [-0.2, -0.15) is 0 Å². The number of amides is 1. The molecular weight excluding hydrogens is 316 g/mol. The number of hydrogen-bond acceptors (Lipinski definition) is 4. The Morgan fingerprint density at radius 2 is 2.00 bits per heavy atom. The number of likely N-dealkylation sites (tertiary alicyclic amines) is 1. The Morgan fingerprint density at radius 3 is 2.80 bits per heavy atom. The van der Waals surface area contributed by atoms with Gasteiger partial charge in [-0.25, -0.2) is 4.79 Å². The molecule has 1 aromatic rings. The third-order valence-electron chi connectivity index (χ3n) is 5.81. The molecule has 2 aliphatic heterocycles. The number of ether oxygens (including phenoxy) is 1. The van der Waals surface area contributed by atoms with E-state index in [4.69, 9.17) is 4.74 Å². The molecule has 0 N–H and O–H groups in total. The van der Waals surface area contributed by atoms with Crippen LogP contribution >= 0.6 is 0 Å². The predicted molar refractivity (Wildman–Crippen MR) is 95.5 cm³/mol. The highest BCUT2D eigenvalue weighted by Crippen LogP contribution is 2.52. The van der Waals surface area contributed by atoms with Crippen molar-refractivity contribution in [2.45, 2.75) is 46.1 Å². The molecule has 5 heteroatoms. The first-order valence-electron chi connectivity index (χ1n) is 9.09. The number of nitrogens with zero attached hydrogens (tertiary/aromatic N) is 2. The third kappa shape index (κ3) is 3.00. The van der Waals surface area contributed by atoms with Crippen LogP contribution < -0.4 is 9.64 Å². The van der Waals surface area contributed by atoms with Crippen molar-refractivity contribution in [2.24, 2.45) is 10.8 Å². The summed E-state index contributed by atoms with van der Waals surface area (Å²) in [6.45, 7) is 8.12. The summed E-state index contributed by atoms with van der Waals surface area (Å²) in [7, 11) is 0. The largest absolute Gasteiger partial charge is 0.423 e. The molecular formula is C20H26N2O3. The Hall–Kier alpha value is -2.04. The van der Waals surface area contributed by atoms with Crippen molar-refractivity contribution in [1.82, 2.24) is 4.90 Å². The van der Waals surface area contributed by atoms with Crippen LogP contribution in [0.5, 0.6) is 5.75 Å². The summed E-state index contributed by atoms with van der Waals surface area (Å²) in [5.41, 5.74) is 1.33. The van der Waals surface area contributed by atoms with Crippen LogP contribution in [0.25, 0.3) is 0 Å². The van der Waals surface area contributed by atoms with E-state index in [-0.39, 0.29) is 35.8 Å². The van der Waals surface area contributed by atoms with Gasteiger partial charge in [-0.05, 0) is 42.2 Å². The van der Waals surface area contributed by atoms with Crippen LogP contribution in [0.15, 0.2) is 24.3 Å². The number of esters is 1. The van der Waals surface area contributed by atoms with Crippen LogP contribution in [0.2, 0.25) is 0 Å². The molecule has 3 aliphatic rings. The number of para-hydroxylation sites is 2. The monoisotopic (exact) mass is 342 g/mol. The summed E-state index contributed by atoms with van der Waals surface area (Å²) >= 11 is 0. The molecule has 2 atom stereocenters. The topological polar surface area (TPSA) is 49.9 Å². The number of carbonyl (C=O) groups is 2. The molecule has 1 saturated carbocycles. The van der Waals surface area contributed by atoms with E-state index < -0.39 is 0 Å². The van der Waals surface area contributed by atoms with Gasteiger partial charge in [0.1, 0.15) is 6.54 Å². The minimum atomic E-state index is -0.306. The smallest absolute Gasteiger partial charge is 0.331 e. The van der Waals surface area contributed by atoms with Gasteiger partial charge in [-0.1, -0.05) is 32.9 Å². The highest BCUT2D eigenvalue weighted by molar-refractivity contribution is 5.89. The van der Waals surface area contributed by atoms with Crippen LogP contribution in [-0.2, 0) is 9.59 Å². The number of rotatable bonds is 2. The first-order valence-corrected chi connectivity index (χ1v) is 9.09. The van der Waals surface area contributed by atoms with Gasteiger partial charge in [0.05, 0.1) is 12.2 Å². The van der Waals surface area contributed by atoms with Gasteiger partial charge in [0.2, 0.25) is 5.91 Å². The third-order valence-corrected chi connectivity index (χ3v) is 5.81. The fourth-order valence-electron chi connectivity index (χ4n) is 5.35. The summed E-state index contributed by atoms with van der Waals surface area (Å²) in [6.07, 6.45) is 3.33. The second-order valence-corrected chi connectivity index (χ2v) is 9.03. The minimum Gasteiger partial charge on any atom is -0.423 e. The lowest BCUT2D eigenvalue weighted by Crippen LogP contribution is -2.46. The zero-order chi connectivity index (χ0) is 17.8. The number of carbonyl (C=O) groups excluding carboxylic acids is 2. The molecule has 5 nitrogen and oxygen atoms in total. The van der Waals surface area contributed by atoms with E-state index in [0.29, 0.717) is 11.8 Å². The Morgan fingerprint density at radius 1 is 1.24 bits per heavy atom. The van der Waals surface area contributed by atoms with E-state index in [2.05, 4.69) is 25.7 Å². The molecule has 2 fully saturated rings. The minimum absolute atomic E-state index is 0.121. The quantitative estimate of drug-likeness (QED) is 0.613. The molecule has 2 heterocycles. The Bertz CT molecular complexity index is 729. The second kappa shape index (κ2) is 5.48. The van der Waals surface area contributed by atoms with Crippen LogP contribution in [0.3, 0.4) is 0 Å². The first-order chi connectivity index (χ1) is 11.7. The summed E-state index contributed by atoms with van der Waals surface area (Å²) < 4.78 is 5.28. The highest BCUT2D eigenvalue weighted by Gasteiger charge is 2.51. The van der Waals surface area contributed by atoms with Crippen LogP contribution in [0, 0.1) is 10.8 Å². The van der Waals surface area contributed by atoms with Crippen LogP contribution in [0.4, 0.5) is 5.69 Å². The number of fused-ring (bicyclic) bond motifs is 3. The number of anilines is 1. The van der Waals surface area contributed by atoms with E-state index in [9.17, 15) is 9.59 Å². The SMILES string of the molecule is CC1(C)CC2CC(C)(CN2C(=O)CN2CC(=O)Oc3ccccc32)C1. The normalized spacial score (nSPS) is 30.0. The second-order valence-electron chi connectivity index (χ2n) is 9.03. The van der Waals surface area contributed by atoms with Crippen molar-refractivity contribution in [3.05, 3.63) is 24.3 Å². The maximum Gasteiger partial charge on any atom is 0.331 e. The van der Waals surface area contributed by atoms with Gasteiger partial charge in [0.15, 0.2) is 5.75 Å². The van der Waals surface area contributed by atoms with Gasteiger partial charge in [-0.3, -0.25) is 4.79 Å². The molecule has 0 spiro atoms. The molecule has 1 saturated heterocycles. The molecule has 1 aliphatic carbocycles. The lowest BCUT2D eigenvalue weighted by atomic mass is 9.65. The van der Waals surface area contributed by atoms with Crippen molar-refractivity contribution >= 4 is 17.6 Å². The van der Waals surface area contributed by atoms with E-state index in [1.54, 1.807) is 6.07 Å². The van der Waals surface area contributed by atoms with Crippen LogP contribution in [0.1, 0.15) is 40.0 Å². The van der Waals surface area contributed by atoms with Crippen molar-refractivity contribution in [2.75, 3.05) is 24.5 Å². The molecule has 2 bridgehead atoms. The van der Waals surface area contributed by atoms with Gasteiger partial charge in [-0.15, -0.1) is 0 Å². The molecule has 0 radical (unpaired) electrons. The van der Waals surface area contributed by atoms with Crippen molar-refractivity contribution in [1.29, 1.82) is 0 Å². The predicted octanol–water partition coefficient (Wildman–Crippen LogP) is 2.84. The zero-order valence-corrected chi connectivity index (χ0v) is 15.2. The van der Waals surface area contributed by atoms with Gasteiger partial charge in [0.25, 0.3) is 0 Å². The molecule has 4 rings (SSSR count). The highest BCUT2D eigenvalue weighted by atomic mass is 16.5. The molecule has 1 aromatic carbocycles. The molecule has 0 aromatic heterocycles. The average molecular weight is 342 g/mol. The van der Waals surface area contributed by atoms with E-state index in [0.717, 1.165) is 25.1 Å². The molecule has 2 unspecified atom stereocenters. The summed E-state index contributed by atoms with van der Waals surface area (Å²) in [4.78, 5) is 28.8. The molecule has 134 valence electrons. The molecule has 1 amide bonds. The standard InChI is InChI=1S/C20H26N2O3/c1-19(2)8-14-9-20(3,12-19)13-22(14)17(23)10-21-11-18(24)25-16-7-5-4-6-15(16)21/h4-7,14H,8-13H2,1-3H3. The summed E-state index contributed by atoms with van der Waals surface area (Å²) in [5, 5.41) is 0. The number of benzene rings is 1. The van der Waals surface area contributed by atoms with E-state index >= 15 is 0 Å². The maximum absolute atomic E-state index is 13.1. The Kier molecular flexibility index (Phi) is 3.60. The number of hydrogen-bond donors (Lipinski definition) is 0. The summed E-state index contributed by atoms with van der Waals surface area (Å²) in [5.74, 6) is 0.357. The van der Waals surface area contributed by atoms with Crippen molar-refractivity contribution in [3.63, 3.8) is 0 Å². The van der Waals surface area contributed by atoms with Gasteiger partial charge in [0, 0.05) is 12.6 Å². The lowest BCUT2D eigenvalue weighted by molar-refractivity contribution is -0.133. The fraction of sp³-hybridized carbons (Fsp3) is 0.600. The van der Waals surface area contributed by atoms with Crippen molar-refractivity contribution in [3.8, 4) is 5.75 Å².